The zero-order valence-electron chi connectivity index (χ0n) is 13.9. The van der Waals surface area contributed by atoms with Gasteiger partial charge in [-0.25, -0.2) is 4.79 Å². The third-order valence-corrected chi connectivity index (χ3v) is 3.62. The molecule has 4 nitrogen and oxygen atoms in total. The van der Waals surface area contributed by atoms with Crippen molar-refractivity contribution in [1.82, 2.24) is 0 Å². The van der Waals surface area contributed by atoms with Gasteiger partial charge in [-0.15, -0.1) is 0 Å². The summed E-state index contributed by atoms with van der Waals surface area (Å²) in [6.07, 6.45) is 6.49. The van der Waals surface area contributed by atoms with E-state index >= 15 is 0 Å². The van der Waals surface area contributed by atoms with Crippen LogP contribution in [0.4, 0.5) is 5.69 Å². The van der Waals surface area contributed by atoms with Crippen LogP contribution in [0.15, 0.2) is 53.5 Å². The molecular weight excluding hydrogens is 302 g/mol. The summed E-state index contributed by atoms with van der Waals surface area (Å²) in [7, 11) is 0. The molecule has 0 fully saturated rings. The highest BCUT2D eigenvalue weighted by atomic mass is 16.5. The summed E-state index contributed by atoms with van der Waals surface area (Å²) in [6.45, 7) is 2.94. The molecule has 0 heterocycles. The number of aliphatic imine (C=N–C) groups is 1. The minimum Gasteiger partial charge on any atom is -0.494 e. The molecule has 0 aliphatic carbocycles. The molecule has 2 rings (SSSR count). The molecule has 0 atom stereocenters. The lowest BCUT2D eigenvalue weighted by molar-refractivity contribution is 0.0697. The summed E-state index contributed by atoms with van der Waals surface area (Å²) >= 11 is 0. The van der Waals surface area contributed by atoms with Gasteiger partial charge in [0, 0.05) is 6.21 Å². The average Bonchev–Trinajstić information content (AvgIpc) is 2.61. The maximum atomic E-state index is 10.8. The van der Waals surface area contributed by atoms with Crippen molar-refractivity contribution >= 4 is 17.9 Å². The lowest BCUT2D eigenvalue weighted by atomic mass is 10.1. The van der Waals surface area contributed by atoms with Crippen molar-refractivity contribution in [1.29, 1.82) is 0 Å². The van der Waals surface area contributed by atoms with Gasteiger partial charge in [-0.1, -0.05) is 38.3 Å². The van der Waals surface area contributed by atoms with Gasteiger partial charge < -0.3 is 9.84 Å². The van der Waals surface area contributed by atoms with Crippen LogP contribution in [-0.4, -0.2) is 23.9 Å². The molecule has 126 valence electrons. The molecule has 4 heteroatoms. The van der Waals surface area contributed by atoms with E-state index in [4.69, 9.17) is 9.84 Å². The number of hydrogen-bond acceptors (Lipinski definition) is 3. The highest BCUT2D eigenvalue weighted by molar-refractivity contribution is 5.89. The fourth-order valence-electron chi connectivity index (χ4n) is 2.21. The maximum Gasteiger partial charge on any atom is 0.335 e. The van der Waals surface area contributed by atoms with Gasteiger partial charge in [0.1, 0.15) is 5.75 Å². The van der Waals surface area contributed by atoms with Crippen molar-refractivity contribution < 1.29 is 14.6 Å². The first-order chi connectivity index (χ1) is 11.7. The first-order valence-corrected chi connectivity index (χ1v) is 8.29. The van der Waals surface area contributed by atoms with Crippen LogP contribution >= 0.6 is 0 Å². The van der Waals surface area contributed by atoms with Gasteiger partial charge in [-0.2, -0.15) is 0 Å². The predicted octanol–water partition coefficient (Wildman–Crippen LogP) is 5.09. The Labute approximate surface area is 142 Å². The molecule has 0 radical (unpaired) electrons. The molecule has 0 aliphatic heterocycles. The molecule has 0 bridgehead atoms. The molecule has 0 amide bonds. The van der Waals surface area contributed by atoms with E-state index in [0.29, 0.717) is 0 Å². The quantitative estimate of drug-likeness (QED) is 0.516. The molecule has 1 N–H and O–H groups in total. The SMILES string of the molecule is CCCCCCOc1ccc(/N=C/c2ccc(C(=O)O)cc2)cc1. The second-order valence-corrected chi connectivity index (χ2v) is 5.59. The van der Waals surface area contributed by atoms with E-state index in [-0.39, 0.29) is 5.56 Å². The van der Waals surface area contributed by atoms with Crippen LogP contribution in [0, 0.1) is 0 Å². The van der Waals surface area contributed by atoms with Gasteiger partial charge >= 0.3 is 5.97 Å². The fraction of sp³-hybridized carbons (Fsp3) is 0.300. The Bertz CT molecular complexity index is 660. The highest BCUT2D eigenvalue weighted by Gasteiger charge is 2.00. The van der Waals surface area contributed by atoms with Crippen molar-refractivity contribution in [2.24, 2.45) is 4.99 Å². The van der Waals surface area contributed by atoms with Gasteiger partial charge in [-0.3, -0.25) is 4.99 Å². The summed E-state index contributed by atoms with van der Waals surface area (Å²) in [5.41, 5.74) is 1.96. The molecule has 2 aromatic carbocycles. The molecule has 0 saturated heterocycles. The molecular formula is C20H23NO3. The Hall–Kier alpha value is -2.62. The van der Waals surface area contributed by atoms with E-state index in [0.717, 1.165) is 30.0 Å². The second-order valence-electron chi connectivity index (χ2n) is 5.59. The topological polar surface area (TPSA) is 58.9 Å². The minimum atomic E-state index is -0.927. The maximum absolute atomic E-state index is 10.8. The first kappa shape index (κ1) is 17.7. The van der Waals surface area contributed by atoms with Crippen LogP contribution in [0.3, 0.4) is 0 Å². The number of aromatic carboxylic acids is 1. The number of ether oxygens (including phenoxy) is 1. The Balaban J connectivity index is 1.85. The number of carboxylic acids is 1. The number of benzene rings is 2. The number of hydrogen-bond donors (Lipinski definition) is 1. The van der Waals surface area contributed by atoms with Crippen LogP contribution in [0.25, 0.3) is 0 Å². The van der Waals surface area contributed by atoms with Crippen LogP contribution in [0.5, 0.6) is 5.75 Å². The van der Waals surface area contributed by atoms with E-state index in [9.17, 15) is 4.79 Å². The summed E-state index contributed by atoms with van der Waals surface area (Å²) in [5, 5.41) is 8.87. The number of carbonyl (C=O) groups is 1. The van der Waals surface area contributed by atoms with E-state index in [1.807, 2.05) is 24.3 Å². The second kappa shape index (κ2) is 9.50. The fourth-order valence-corrected chi connectivity index (χ4v) is 2.21. The third kappa shape index (κ3) is 5.88. The van der Waals surface area contributed by atoms with Gasteiger partial charge in [-0.05, 0) is 48.4 Å². The van der Waals surface area contributed by atoms with Crippen LogP contribution in [0.1, 0.15) is 48.5 Å². The number of rotatable bonds is 9. The van der Waals surface area contributed by atoms with Gasteiger partial charge in [0.15, 0.2) is 0 Å². The van der Waals surface area contributed by atoms with Gasteiger partial charge in [0.25, 0.3) is 0 Å². The average molecular weight is 325 g/mol. The van der Waals surface area contributed by atoms with Crippen molar-refractivity contribution in [3.63, 3.8) is 0 Å². The van der Waals surface area contributed by atoms with Crippen molar-refractivity contribution in [2.75, 3.05) is 6.61 Å². The normalized spacial score (nSPS) is 10.9. The molecule has 0 aliphatic rings. The lowest BCUT2D eigenvalue weighted by Gasteiger charge is -2.05. The molecule has 0 unspecified atom stereocenters. The molecule has 24 heavy (non-hydrogen) atoms. The Kier molecular flexibility index (Phi) is 7.02. The molecule has 0 saturated carbocycles. The Morgan fingerprint density at radius 1 is 1.04 bits per heavy atom. The van der Waals surface area contributed by atoms with Crippen LogP contribution in [0.2, 0.25) is 0 Å². The molecule has 0 spiro atoms. The Morgan fingerprint density at radius 3 is 2.38 bits per heavy atom. The summed E-state index contributed by atoms with van der Waals surface area (Å²) in [5.74, 6) is -0.0694. The smallest absolute Gasteiger partial charge is 0.335 e. The van der Waals surface area contributed by atoms with E-state index in [2.05, 4.69) is 11.9 Å². The number of carboxylic acid groups (broad SMARTS) is 1. The highest BCUT2D eigenvalue weighted by Crippen LogP contribution is 2.18. The number of unbranched alkanes of at least 4 members (excludes halogenated alkanes) is 3. The summed E-state index contributed by atoms with van der Waals surface area (Å²) in [6, 6.07) is 14.3. The number of nitrogens with zero attached hydrogens (tertiary/aromatic N) is 1. The largest absolute Gasteiger partial charge is 0.494 e. The Morgan fingerprint density at radius 2 is 1.75 bits per heavy atom. The van der Waals surface area contributed by atoms with E-state index < -0.39 is 5.97 Å². The van der Waals surface area contributed by atoms with Crippen molar-refractivity contribution in [2.45, 2.75) is 32.6 Å². The van der Waals surface area contributed by atoms with Crippen molar-refractivity contribution in [3.05, 3.63) is 59.7 Å². The van der Waals surface area contributed by atoms with Gasteiger partial charge in [0.2, 0.25) is 0 Å². The molecule has 0 aromatic heterocycles. The molecule has 2 aromatic rings. The standard InChI is InChI=1S/C20H23NO3/c1-2-3-4-5-14-24-19-12-10-18(11-13-19)21-15-16-6-8-17(9-7-16)20(22)23/h6-13,15H,2-5,14H2,1H3,(H,22,23)/b21-15+. The van der Waals surface area contributed by atoms with Crippen LogP contribution < -0.4 is 4.74 Å². The lowest BCUT2D eigenvalue weighted by Crippen LogP contribution is -1.96. The van der Waals surface area contributed by atoms with Crippen molar-refractivity contribution in [3.8, 4) is 5.75 Å². The summed E-state index contributed by atoms with van der Waals surface area (Å²) < 4.78 is 5.70. The summed E-state index contributed by atoms with van der Waals surface area (Å²) in [4.78, 5) is 15.2. The predicted molar refractivity (Wildman–Crippen MR) is 96.7 cm³/mol. The van der Waals surface area contributed by atoms with Crippen LogP contribution in [-0.2, 0) is 0 Å². The van der Waals surface area contributed by atoms with E-state index in [1.54, 1.807) is 30.5 Å². The minimum absolute atomic E-state index is 0.271. The monoisotopic (exact) mass is 325 g/mol. The zero-order valence-corrected chi connectivity index (χ0v) is 13.9. The van der Waals surface area contributed by atoms with Gasteiger partial charge in [0.05, 0.1) is 17.9 Å². The third-order valence-electron chi connectivity index (χ3n) is 3.62. The first-order valence-electron chi connectivity index (χ1n) is 8.29. The van der Waals surface area contributed by atoms with E-state index in [1.165, 1.54) is 19.3 Å². The zero-order chi connectivity index (χ0) is 17.2.